The Morgan fingerprint density at radius 1 is 1.40 bits per heavy atom. The van der Waals surface area contributed by atoms with Gasteiger partial charge in [-0.1, -0.05) is 0 Å². The molecule has 20 heavy (non-hydrogen) atoms. The first kappa shape index (κ1) is 14.3. The number of hydrogen-bond acceptors (Lipinski definition) is 5. The van der Waals surface area contributed by atoms with E-state index in [0.717, 1.165) is 5.56 Å². The first-order valence-electron chi connectivity index (χ1n) is 6.36. The van der Waals surface area contributed by atoms with Crippen LogP contribution in [-0.4, -0.2) is 35.9 Å². The average molecular weight is 277 g/mol. The molecule has 0 atom stereocenters. The summed E-state index contributed by atoms with van der Waals surface area (Å²) in [6.07, 6.45) is 0. The Morgan fingerprint density at radius 2 is 2.10 bits per heavy atom. The lowest BCUT2D eigenvalue weighted by Crippen LogP contribution is -2.63. The third kappa shape index (κ3) is 2.60. The normalized spacial score (nSPS) is 18.8. The predicted octanol–water partition coefficient (Wildman–Crippen LogP) is 0.514. The van der Waals surface area contributed by atoms with E-state index >= 15 is 0 Å². The Bertz CT molecular complexity index is 555. The zero-order valence-corrected chi connectivity index (χ0v) is 11.9. The Labute approximate surface area is 117 Å². The third-order valence-electron chi connectivity index (χ3n) is 3.60. The molecule has 1 aromatic rings. The van der Waals surface area contributed by atoms with Crippen molar-refractivity contribution in [2.24, 2.45) is 0 Å². The van der Waals surface area contributed by atoms with Gasteiger partial charge >= 0.3 is 0 Å². The number of carbonyl (C=O) groups is 2. The zero-order valence-electron chi connectivity index (χ0n) is 11.9. The molecule has 3 N–H and O–H groups in total. The topological polar surface area (TPSA) is 84.7 Å². The van der Waals surface area contributed by atoms with Gasteiger partial charge in [-0.25, -0.2) is 0 Å². The number of nitrogens with two attached hydrogens (primary N) is 1. The Hall–Kier alpha value is -2.08. The van der Waals surface area contributed by atoms with Crippen LogP contribution in [0.4, 0.5) is 5.69 Å². The molecular weight excluding hydrogens is 258 g/mol. The molecule has 1 aliphatic rings. The molecular formula is C14H19N3O3. The second-order valence-electron chi connectivity index (χ2n) is 5.36. The number of rotatable bonds is 3. The van der Waals surface area contributed by atoms with Crippen LogP contribution in [-0.2, 0) is 16.1 Å². The van der Waals surface area contributed by atoms with Crippen molar-refractivity contribution < 1.29 is 14.3 Å². The molecule has 1 aliphatic heterocycles. The molecule has 1 fully saturated rings. The van der Waals surface area contributed by atoms with Crippen molar-refractivity contribution in [2.75, 3.05) is 19.4 Å². The zero-order chi connectivity index (χ0) is 14.9. The molecule has 6 nitrogen and oxygen atoms in total. The SMILES string of the molecule is COc1ccc(N)cc1CN1CC(=O)NC(=O)C1(C)C. The van der Waals surface area contributed by atoms with Crippen LogP contribution in [0.15, 0.2) is 18.2 Å². The quantitative estimate of drug-likeness (QED) is 0.621. The van der Waals surface area contributed by atoms with Crippen molar-refractivity contribution in [3.05, 3.63) is 23.8 Å². The highest BCUT2D eigenvalue weighted by atomic mass is 16.5. The predicted molar refractivity (Wildman–Crippen MR) is 75.0 cm³/mol. The van der Waals surface area contributed by atoms with E-state index in [4.69, 9.17) is 10.5 Å². The molecule has 0 radical (unpaired) electrons. The van der Waals surface area contributed by atoms with Gasteiger partial charge in [-0.2, -0.15) is 0 Å². The smallest absolute Gasteiger partial charge is 0.246 e. The summed E-state index contributed by atoms with van der Waals surface area (Å²) in [5.74, 6) is 0.0993. The number of nitrogen functional groups attached to an aromatic ring is 1. The summed E-state index contributed by atoms with van der Waals surface area (Å²) in [6, 6.07) is 5.33. The summed E-state index contributed by atoms with van der Waals surface area (Å²) in [6.45, 7) is 4.15. The largest absolute Gasteiger partial charge is 0.496 e. The number of piperazine rings is 1. The minimum atomic E-state index is -0.760. The van der Waals surface area contributed by atoms with Crippen LogP contribution in [0.25, 0.3) is 0 Å². The molecule has 0 bridgehead atoms. The number of benzene rings is 1. The van der Waals surface area contributed by atoms with Gasteiger partial charge in [-0.3, -0.25) is 19.8 Å². The highest BCUT2D eigenvalue weighted by Crippen LogP contribution is 2.27. The van der Waals surface area contributed by atoms with Gasteiger partial charge in [0.25, 0.3) is 0 Å². The van der Waals surface area contributed by atoms with E-state index in [2.05, 4.69) is 5.32 Å². The number of imide groups is 1. The van der Waals surface area contributed by atoms with Crippen LogP contribution in [0.3, 0.4) is 0 Å². The van der Waals surface area contributed by atoms with E-state index < -0.39 is 5.54 Å². The molecule has 2 amide bonds. The lowest BCUT2D eigenvalue weighted by atomic mass is 9.97. The number of nitrogens with zero attached hydrogens (tertiary/aromatic N) is 1. The fourth-order valence-corrected chi connectivity index (χ4v) is 2.21. The van der Waals surface area contributed by atoms with Gasteiger partial charge in [0.1, 0.15) is 5.75 Å². The maximum absolute atomic E-state index is 11.9. The maximum Gasteiger partial charge on any atom is 0.246 e. The number of anilines is 1. The summed E-state index contributed by atoms with van der Waals surface area (Å²) < 4.78 is 5.30. The van der Waals surface area contributed by atoms with E-state index in [9.17, 15) is 9.59 Å². The fourth-order valence-electron chi connectivity index (χ4n) is 2.21. The number of hydrogen-bond donors (Lipinski definition) is 2. The number of amides is 2. The minimum Gasteiger partial charge on any atom is -0.496 e. The first-order chi connectivity index (χ1) is 9.34. The Morgan fingerprint density at radius 3 is 2.75 bits per heavy atom. The molecule has 1 aromatic carbocycles. The van der Waals surface area contributed by atoms with Crippen LogP contribution >= 0.6 is 0 Å². The van der Waals surface area contributed by atoms with Gasteiger partial charge in [-0.05, 0) is 32.0 Å². The molecule has 6 heteroatoms. The molecule has 0 unspecified atom stereocenters. The van der Waals surface area contributed by atoms with Gasteiger partial charge in [0.05, 0.1) is 19.2 Å². The van der Waals surface area contributed by atoms with Gasteiger partial charge in [-0.15, -0.1) is 0 Å². The van der Waals surface area contributed by atoms with Crippen molar-refractivity contribution in [2.45, 2.75) is 25.9 Å². The van der Waals surface area contributed by atoms with Gasteiger partial charge in [0.15, 0.2) is 0 Å². The first-order valence-corrected chi connectivity index (χ1v) is 6.36. The highest BCUT2D eigenvalue weighted by Gasteiger charge is 2.40. The number of ether oxygens (including phenoxy) is 1. The summed E-state index contributed by atoms with van der Waals surface area (Å²) in [4.78, 5) is 25.3. The van der Waals surface area contributed by atoms with Crippen LogP contribution in [0, 0.1) is 0 Å². The average Bonchev–Trinajstić information content (AvgIpc) is 2.36. The molecule has 0 aromatic heterocycles. The van der Waals surface area contributed by atoms with Gasteiger partial charge in [0.2, 0.25) is 11.8 Å². The molecule has 2 rings (SSSR count). The van der Waals surface area contributed by atoms with Crippen LogP contribution in [0.1, 0.15) is 19.4 Å². The summed E-state index contributed by atoms with van der Waals surface area (Å²) in [5.41, 5.74) is 6.50. The van der Waals surface area contributed by atoms with E-state index in [0.29, 0.717) is 18.0 Å². The van der Waals surface area contributed by atoms with Crippen LogP contribution < -0.4 is 15.8 Å². The molecule has 0 spiro atoms. The van der Waals surface area contributed by atoms with Gasteiger partial charge in [0, 0.05) is 17.8 Å². The van der Waals surface area contributed by atoms with Crippen molar-refractivity contribution in [3.63, 3.8) is 0 Å². The Kier molecular flexibility index (Phi) is 3.67. The van der Waals surface area contributed by atoms with Crippen molar-refractivity contribution in [1.29, 1.82) is 0 Å². The lowest BCUT2D eigenvalue weighted by molar-refractivity contribution is -0.145. The minimum absolute atomic E-state index is 0.163. The lowest BCUT2D eigenvalue weighted by Gasteiger charge is -2.40. The third-order valence-corrected chi connectivity index (χ3v) is 3.60. The van der Waals surface area contributed by atoms with E-state index in [1.165, 1.54) is 0 Å². The van der Waals surface area contributed by atoms with Crippen LogP contribution in [0.5, 0.6) is 5.75 Å². The van der Waals surface area contributed by atoms with Crippen molar-refractivity contribution in [3.8, 4) is 5.75 Å². The second-order valence-corrected chi connectivity index (χ2v) is 5.36. The molecule has 0 aliphatic carbocycles. The van der Waals surface area contributed by atoms with E-state index in [1.54, 1.807) is 39.2 Å². The Balaban J connectivity index is 2.30. The molecule has 1 heterocycles. The van der Waals surface area contributed by atoms with E-state index in [1.807, 2.05) is 4.90 Å². The van der Waals surface area contributed by atoms with Crippen molar-refractivity contribution >= 4 is 17.5 Å². The number of methoxy groups -OCH3 is 1. The van der Waals surface area contributed by atoms with Crippen molar-refractivity contribution in [1.82, 2.24) is 10.2 Å². The standard InChI is InChI=1S/C14H19N3O3/c1-14(2)13(19)16-12(18)8-17(14)7-9-6-10(15)4-5-11(9)20-3/h4-6H,7-8,15H2,1-3H3,(H,16,18,19). The highest BCUT2D eigenvalue weighted by molar-refractivity contribution is 6.02. The van der Waals surface area contributed by atoms with Gasteiger partial charge < -0.3 is 10.5 Å². The summed E-state index contributed by atoms with van der Waals surface area (Å²) in [5, 5.41) is 2.35. The number of carbonyl (C=O) groups excluding carboxylic acids is 2. The maximum atomic E-state index is 11.9. The summed E-state index contributed by atoms with van der Waals surface area (Å²) >= 11 is 0. The molecule has 1 saturated heterocycles. The fraction of sp³-hybridized carbons (Fsp3) is 0.429. The molecule has 0 saturated carbocycles. The molecule has 108 valence electrons. The second kappa shape index (κ2) is 5.13. The van der Waals surface area contributed by atoms with E-state index in [-0.39, 0.29) is 18.4 Å². The van der Waals surface area contributed by atoms with Crippen LogP contribution in [0.2, 0.25) is 0 Å². The number of nitrogens with one attached hydrogen (secondary N) is 1. The summed E-state index contributed by atoms with van der Waals surface area (Å²) in [7, 11) is 1.58. The monoisotopic (exact) mass is 277 g/mol.